The van der Waals surface area contributed by atoms with Crippen molar-refractivity contribution >= 4 is 6.29 Å². The molecule has 0 fully saturated rings. The second-order valence-electron chi connectivity index (χ2n) is 3.46. The Hall–Kier alpha value is -1.19. The van der Waals surface area contributed by atoms with E-state index < -0.39 is 0 Å². The van der Waals surface area contributed by atoms with Gasteiger partial charge >= 0.3 is 0 Å². The summed E-state index contributed by atoms with van der Waals surface area (Å²) in [5.74, 6) is 0. The molecular weight excluding hydrogens is 190 g/mol. The van der Waals surface area contributed by atoms with Crippen molar-refractivity contribution in [3.05, 3.63) is 35.4 Å². The first kappa shape index (κ1) is 11.9. The van der Waals surface area contributed by atoms with E-state index in [1.165, 1.54) is 0 Å². The summed E-state index contributed by atoms with van der Waals surface area (Å²) in [5, 5.41) is 8.85. The third kappa shape index (κ3) is 3.81. The molecule has 1 aromatic rings. The maximum atomic E-state index is 10.6. The quantitative estimate of drug-likeness (QED) is 0.715. The molecule has 0 saturated carbocycles. The minimum absolute atomic E-state index is 0.168. The molecule has 0 aliphatic rings. The van der Waals surface area contributed by atoms with Crippen molar-refractivity contribution in [2.45, 2.75) is 13.5 Å². The molecule has 0 aliphatic carbocycles. The van der Waals surface area contributed by atoms with Gasteiger partial charge in [0, 0.05) is 18.7 Å². The van der Waals surface area contributed by atoms with Crippen molar-refractivity contribution in [3.63, 3.8) is 0 Å². The molecule has 0 atom stereocenters. The van der Waals surface area contributed by atoms with Gasteiger partial charge in [-0.3, -0.25) is 9.69 Å². The van der Waals surface area contributed by atoms with Crippen LogP contribution in [0.1, 0.15) is 22.8 Å². The van der Waals surface area contributed by atoms with E-state index in [1.807, 2.05) is 18.2 Å². The molecule has 82 valence electrons. The second-order valence-corrected chi connectivity index (χ2v) is 3.46. The molecule has 0 aromatic heterocycles. The highest BCUT2D eigenvalue weighted by Crippen LogP contribution is 2.06. The third-order valence-corrected chi connectivity index (χ3v) is 2.36. The summed E-state index contributed by atoms with van der Waals surface area (Å²) < 4.78 is 0. The Balaban J connectivity index is 2.65. The molecule has 0 amide bonds. The Bertz CT molecular complexity index is 312. The molecule has 1 rings (SSSR count). The number of aldehydes is 1. The number of benzene rings is 1. The Labute approximate surface area is 90.3 Å². The number of nitrogens with zero attached hydrogens (tertiary/aromatic N) is 1. The lowest BCUT2D eigenvalue weighted by atomic mass is 10.1. The molecule has 0 spiro atoms. The van der Waals surface area contributed by atoms with Crippen LogP contribution in [0.15, 0.2) is 24.3 Å². The molecule has 3 heteroatoms. The Kier molecular flexibility index (Phi) is 5.01. The zero-order valence-corrected chi connectivity index (χ0v) is 9.02. The van der Waals surface area contributed by atoms with Crippen LogP contribution in [0.5, 0.6) is 0 Å². The van der Waals surface area contributed by atoms with E-state index in [4.69, 9.17) is 5.11 Å². The van der Waals surface area contributed by atoms with Crippen molar-refractivity contribution in [3.8, 4) is 0 Å². The topological polar surface area (TPSA) is 40.5 Å². The zero-order chi connectivity index (χ0) is 11.1. The lowest BCUT2D eigenvalue weighted by Gasteiger charge is -2.19. The van der Waals surface area contributed by atoms with Gasteiger partial charge < -0.3 is 5.11 Å². The van der Waals surface area contributed by atoms with Gasteiger partial charge in [-0.15, -0.1) is 0 Å². The smallest absolute Gasteiger partial charge is 0.150 e. The van der Waals surface area contributed by atoms with Gasteiger partial charge in [-0.2, -0.15) is 0 Å². The average Bonchev–Trinajstić information content (AvgIpc) is 2.29. The molecule has 0 heterocycles. The van der Waals surface area contributed by atoms with Gasteiger partial charge in [0.15, 0.2) is 0 Å². The van der Waals surface area contributed by atoms with Gasteiger partial charge in [0.1, 0.15) is 6.29 Å². The van der Waals surface area contributed by atoms with Crippen LogP contribution in [-0.2, 0) is 6.54 Å². The number of aliphatic hydroxyl groups excluding tert-OH is 1. The van der Waals surface area contributed by atoms with E-state index in [9.17, 15) is 4.79 Å². The first-order chi connectivity index (χ1) is 7.30. The molecule has 0 unspecified atom stereocenters. The highest BCUT2D eigenvalue weighted by molar-refractivity contribution is 5.74. The fourth-order valence-corrected chi connectivity index (χ4v) is 1.51. The summed E-state index contributed by atoms with van der Waals surface area (Å²) in [7, 11) is 0. The van der Waals surface area contributed by atoms with Gasteiger partial charge in [-0.25, -0.2) is 0 Å². The number of likely N-dealkylation sites (N-methyl/N-ethyl adjacent to an activating group) is 1. The molecule has 1 N–H and O–H groups in total. The van der Waals surface area contributed by atoms with Crippen molar-refractivity contribution in [1.82, 2.24) is 4.90 Å². The maximum Gasteiger partial charge on any atom is 0.150 e. The Morgan fingerprint density at radius 3 is 2.87 bits per heavy atom. The maximum absolute atomic E-state index is 10.6. The van der Waals surface area contributed by atoms with E-state index in [1.54, 1.807) is 6.07 Å². The minimum atomic E-state index is 0.168. The predicted molar refractivity (Wildman–Crippen MR) is 59.9 cm³/mol. The van der Waals surface area contributed by atoms with Gasteiger partial charge in [-0.1, -0.05) is 25.1 Å². The van der Waals surface area contributed by atoms with Crippen molar-refractivity contribution in [1.29, 1.82) is 0 Å². The molecule has 0 aliphatic heterocycles. The standard InChI is InChI=1S/C12H17NO2/c1-2-13(6-7-14)9-11-4-3-5-12(8-11)10-15/h3-5,8,10,14H,2,6-7,9H2,1H3. The molecule has 0 saturated heterocycles. The number of aliphatic hydroxyl groups is 1. The summed E-state index contributed by atoms with van der Waals surface area (Å²) in [5.41, 5.74) is 1.81. The van der Waals surface area contributed by atoms with Crippen LogP contribution in [0.2, 0.25) is 0 Å². The predicted octanol–water partition coefficient (Wildman–Crippen LogP) is 1.31. The van der Waals surface area contributed by atoms with Crippen molar-refractivity contribution in [2.24, 2.45) is 0 Å². The summed E-state index contributed by atoms with van der Waals surface area (Å²) in [6.07, 6.45) is 0.853. The number of carbonyl (C=O) groups excluding carboxylic acids is 1. The molecule has 0 radical (unpaired) electrons. The van der Waals surface area contributed by atoms with Gasteiger partial charge in [-0.05, 0) is 18.2 Å². The second kappa shape index (κ2) is 6.32. The van der Waals surface area contributed by atoms with Crippen LogP contribution in [0.3, 0.4) is 0 Å². The van der Waals surface area contributed by atoms with Crippen LogP contribution in [0.4, 0.5) is 0 Å². The number of hydrogen-bond donors (Lipinski definition) is 1. The van der Waals surface area contributed by atoms with E-state index in [-0.39, 0.29) is 6.61 Å². The minimum Gasteiger partial charge on any atom is -0.395 e. The normalized spacial score (nSPS) is 10.6. The van der Waals surface area contributed by atoms with Crippen LogP contribution in [-0.4, -0.2) is 36.0 Å². The fraction of sp³-hybridized carbons (Fsp3) is 0.417. The van der Waals surface area contributed by atoms with E-state index >= 15 is 0 Å². The lowest BCUT2D eigenvalue weighted by Crippen LogP contribution is -2.26. The highest BCUT2D eigenvalue weighted by Gasteiger charge is 2.03. The van der Waals surface area contributed by atoms with Crippen molar-refractivity contribution < 1.29 is 9.90 Å². The van der Waals surface area contributed by atoms with Crippen LogP contribution in [0, 0.1) is 0 Å². The van der Waals surface area contributed by atoms with E-state index in [0.717, 1.165) is 24.9 Å². The fourth-order valence-electron chi connectivity index (χ4n) is 1.51. The first-order valence-corrected chi connectivity index (χ1v) is 5.17. The summed E-state index contributed by atoms with van der Waals surface area (Å²) >= 11 is 0. The zero-order valence-electron chi connectivity index (χ0n) is 9.02. The highest BCUT2D eigenvalue weighted by atomic mass is 16.3. The summed E-state index contributed by atoms with van der Waals surface area (Å²) in [4.78, 5) is 12.7. The summed E-state index contributed by atoms with van der Waals surface area (Å²) in [6, 6.07) is 7.55. The van der Waals surface area contributed by atoms with Crippen LogP contribution in [0.25, 0.3) is 0 Å². The SMILES string of the molecule is CCN(CCO)Cc1cccc(C=O)c1. The lowest BCUT2D eigenvalue weighted by molar-refractivity contribution is 0.112. The first-order valence-electron chi connectivity index (χ1n) is 5.17. The molecule has 0 bridgehead atoms. The number of carbonyl (C=O) groups is 1. The third-order valence-electron chi connectivity index (χ3n) is 2.36. The monoisotopic (exact) mass is 207 g/mol. The van der Waals surface area contributed by atoms with Crippen LogP contribution < -0.4 is 0 Å². The number of hydrogen-bond acceptors (Lipinski definition) is 3. The van der Waals surface area contributed by atoms with Gasteiger partial charge in [0.2, 0.25) is 0 Å². The number of rotatable bonds is 6. The molecular formula is C12H17NO2. The Morgan fingerprint density at radius 2 is 2.27 bits per heavy atom. The largest absolute Gasteiger partial charge is 0.395 e. The van der Waals surface area contributed by atoms with Crippen LogP contribution >= 0.6 is 0 Å². The molecule has 1 aromatic carbocycles. The van der Waals surface area contributed by atoms with E-state index in [2.05, 4.69) is 11.8 Å². The van der Waals surface area contributed by atoms with Gasteiger partial charge in [0.25, 0.3) is 0 Å². The summed E-state index contributed by atoms with van der Waals surface area (Å²) in [6.45, 7) is 4.56. The molecule has 15 heavy (non-hydrogen) atoms. The molecule has 3 nitrogen and oxygen atoms in total. The average molecular weight is 207 g/mol. The van der Waals surface area contributed by atoms with Crippen molar-refractivity contribution in [2.75, 3.05) is 19.7 Å². The van der Waals surface area contributed by atoms with Gasteiger partial charge in [0.05, 0.1) is 6.61 Å². The Morgan fingerprint density at radius 1 is 1.47 bits per heavy atom. The van der Waals surface area contributed by atoms with E-state index in [0.29, 0.717) is 12.1 Å².